The number of hydrogen-bond acceptors (Lipinski definition) is 8. The molecule has 4 bridgehead atoms. The molecule has 0 aliphatic carbocycles. The number of sulfone groups is 1. The van der Waals surface area contributed by atoms with Crippen molar-refractivity contribution in [1.82, 2.24) is 4.98 Å². The lowest BCUT2D eigenvalue weighted by molar-refractivity contribution is -0.119. The molecule has 1 amide bonds. The van der Waals surface area contributed by atoms with Gasteiger partial charge in [0, 0.05) is 35.8 Å². The third kappa shape index (κ3) is 5.91. The average Bonchev–Trinajstić information content (AvgIpc) is 2.94. The van der Waals surface area contributed by atoms with Gasteiger partial charge in [-0.2, -0.15) is 0 Å². The molecule has 0 unspecified atom stereocenters. The Morgan fingerprint density at radius 3 is 2.58 bits per heavy atom. The third-order valence-corrected chi connectivity index (χ3v) is 8.86. The lowest BCUT2D eigenvalue weighted by atomic mass is 9.95. The van der Waals surface area contributed by atoms with E-state index in [0.717, 1.165) is 27.6 Å². The quantitative estimate of drug-likeness (QED) is 0.315. The van der Waals surface area contributed by atoms with Gasteiger partial charge in [0.1, 0.15) is 11.9 Å². The van der Waals surface area contributed by atoms with Gasteiger partial charge in [0.25, 0.3) is 0 Å². The number of aromatic nitrogens is 1. The summed E-state index contributed by atoms with van der Waals surface area (Å²) in [5.74, 6) is 0.244. The van der Waals surface area contributed by atoms with E-state index < -0.39 is 22.0 Å². The summed E-state index contributed by atoms with van der Waals surface area (Å²) in [6.07, 6.45) is 1.76. The molecule has 9 nitrogen and oxygen atoms in total. The molecule has 0 saturated heterocycles. The van der Waals surface area contributed by atoms with Crippen LogP contribution in [-0.2, 0) is 32.2 Å². The number of Topliss-reactive ketones (excluding diaryl/α,β-unsaturated/α-hetero) is 1. The van der Waals surface area contributed by atoms with Crippen LogP contribution in [0.25, 0.3) is 10.8 Å². The number of fused-ring (bicyclic) bond motifs is 10. The van der Waals surface area contributed by atoms with Crippen molar-refractivity contribution in [2.24, 2.45) is 0 Å². The highest BCUT2D eigenvalue weighted by Crippen LogP contribution is 2.29. The number of nitrogen functional groups attached to an aromatic ring is 1. The topological polar surface area (TPSA) is 140 Å². The van der Waals surface area contributed by atoms with E-state index in [1.807, 2.05) is 48.5 Å². The Balaban J connectivity index is 1.51. The van der Waals surface area contributed by atoms with Crippen LogP contribution < -0.4 is 16.4 Å². The summed E-state index contributed by atoms with van der Waals surface area (Å²) in [5.41, 5.74) is 9.33. The zero-order chi connectivity index (χ0) is 28.3. The number of ether oxygens (including phenoxy) is 1. The van der Waals surface area contributed by atoms with Crippen molar-refractivity contribution in [2.45, 2.75) is 37.1 Å². The summed E-state index contributed by atoms with van der Waals surface area (Å²) in [7, 11) is -3.56. The normalized spacial score (nSPS) is 16.4. The van der Waals surface area contributed by atoms with Gasteiger partial charge < -0.3 is 15.8 Å². The van der Waals surface area contributed by atoms with E-state index in [1.165, 1.54) is 12.1 Å². The summed E-state index contributed by atoms with van der Waals surface area (Å²) in [4.78, 5) is 30.4. The first-order chi connectivity index (χ1) is 19.2. The minimum absolute atomic E-state index is 0.0734. The van der Waals surface area contributed by atoms with Crippen LogP contribution in [0.1, 0.15) is 36.1 Å². The van der Waals surface area contributed by atoms with Crippen LogP contribution in [0.15, 0.2) is 77.8 Å². The Labute approximate surface area is 232 Å². The van der Waals surface area contributed by atoms with Crippen molar-refractivity contribution < 1.29 is 22.7 Å². The fourth-order valence-electron chi connectivity index (χ4n) is 4.81. The Morgan fingerprint density at radius 2 is 1.80 bits per heavy atom. The van der Waals surface area contributed by atoms with Gasteiger partial charge >= 0.3 is 6.09 Å². The molecule has 1 atom stereocenters. The maximum atomic E-state index is 13.8. The fraction of sp³-hybridized carbons (Fsp3) is 0.233. The standard InChI is InChI=1S/C30H30N4O5S/c1-2-40(37,38)27-12-9-24-18-22(27)7-11-26(35)28(20-5-3-19(4-6-20)14-16-39-30(36)34-24)33-23-8-10-25-21(17-23)13-15-32-29(25)31/h3-6,8-10,12-13,15,17-18,28,33H,2,7,11,14,16H2,1H3,(H2,31,32)(H,34,36)/t28-/m1/s1. The number of carbonyl (C=O) groups excluding carboxylic acids is 2. The second-order valence-corrected chi connectivity index (χ2v) is 11.9. The minimum atomic E-state index is -3.56. The average molecular weight is 559 g/mol. The van der Waals surface area contributed by atoms with E-state index in [0.29, 0.717) is 23.5 Å². The molecule has 3 aromatic carbocycles. The molecule has 4 N–H and O–H groups in total. The number of benzene rings is 3. The van der Waals surface area contributed by atoms with Crippen molar-refractivity contribution in [3.63, 3.8) is 0 Å². The second-order valence-electron chi connectivity index (χ2n) is 9.65. The first-order valence-electron chi connectivity index (χ1n) is 13.1. The van der Waals surface area contributed by atoms with Gasteiger partial charge in [0.05, 0.1) is 17.3 Å². The third-order valence-electron chi connectivity index (χ3n) is 7.03. The number of rotatable bonds is 4. The largest absolute Gasteiger partial charge is 0.449 e. The number of aryl methyl sites for hydroxylation is 1. The number of ketones is 1. The molecule has 0 spiro atoms. The number of nitrogens with zero attached hydrogens (tertiary/aromatic N) is 1. The van der Waals surface area contributed by atoms with Gasteiger partial charge in [-0.15, -0.1) is 0 Å². The first kappa shape index (κ1) is 27.1. The molecule has 0 radical (unpaired) electrons. The van der Waals surface area contributed by atoms with Crippen LogP contribution in [0.4, 0.5) is 22.0 Å². The van der Waals surface area contributed by atoms with Crippen LogP contribution in [-0.4, -0.2) is 37.6 Å². The van der Waals surface area contributed by atoms with Gasteiger partial charge in [-0.25, -0.2) is 18.2 Å². The fourth-order valence-corrected chi connectivity index (χ4v) is 5.96. The van der Waals surface area contributed by atoms with Crippen LogP contribution in [0.3, 0.4) is 0 Å². The predicted octanol–water partition coefficient (Wildman–Crippen LogP) is 5.07. The smallest absolute Gasteiger partial charge is 0.411 e. The lowest BCUT2D eigenvalue weighted by Crippen LogP contribution is -2.22. The summed E-state index contributed by atoms with van der Waals surface area (Å²) >= 11 is 0. The van der Waals surface area contributed by atoms with Gasteiger partial charge in [0.2, 0.25) is 0 Å². The van der Waals surface area contributed by atoms with Crippen molar-refractivity contribution in [3.8, 4) is 0 Å². The zero-order valence-electron chi connectivity index (χ0n) is 22.0. The molecule has 0 fully saturated rings. The highest BCUT2D eigenvalue weighted by Gasteiger charge is 2.24. The number of anilines is 3. The molecular weight excluding hydrogens is 528 g/mol. The highest BCUT2D eigenvalue weighted by molar-refractivity contribution is 7.91. The van der Waals surface area contributed by atoms with Crippen molar-refractivity contribution >= 4 is 49.7 Å². The number of carbonyl (C=O) groups is 2. The molecule has 3 heterocycles. The Hall–Kier alpha value is -4.44. The van der Waals surface area contributed by atoms with E-state index >= 15 is 0 Å². The molecule has 4 aromatic rings. The predicted molar refractivity (Wildman–Crippen MR) is 155 cm³/mol. The summed E-state index contributed by atoms with van der Waals surface area (Å²) in [6, 6.07) is 19.0. The van der Waals surface area contributed by atoms with E-state index in [-0.39, 0.29) is 35.9 Å². The lowest BCUT2D eigenvalue weighted by Gasteiger charge is -2.21. The van der Waals surface area contributed by atoms with Crippen molar-refractivity contribution in [1.29, 1.82) is 0 Å². The van der Waals surface area contributed by atoms with Crippen molar-refractivity contribution in [2.75, 3.05) is 28.7 Å². The molecule has 2 aliphatic rings. The molecule has 40 heavy (non-hydrogen) atoms. The molecule has 6 rings (SSSR count). The van der Waals surface area contributed by atoms with Crippen LogP contribution >= 0.6 is 0 Å². The number of nitrogens with two attached hydrogens (primary N) is 1. The molecule has 10 heteroatoms. The summed E-state index contributed by atoms with van der Waals surface area (Å²) in [6.45, 7) is 1.74. The maximum absolute atomic E-state index is 13.8. The van der Waals surface area contributed by atoms with E-state index in [9.17, 15) is 18.0 Å². The first-order valence-corrected chi connectivity index (χ1v) is 14.7. The molecule has 1 aromatic heterocycles. The second kappa shape index (κ2) is 11.4. The molecule has 2 aliphatic heterocycles. The van der Waals surface area contributed by atoms with E-state index in [1.54, 1.807) is 19.2 Å². The van der Waals surface area contributed by atoms with Gasteiger partial charge in [-0.05, 0) is 71.0 Å². The van der Waals surface area contributed by atoms with E-state index in [2.05, 4.69) is 15.6 Å². The SMILES string of the molecule is CCS(=O)(=O)c1ccc2cc1CCC(=O)[C@H](Nc1ccc3c(N)nccc3c1)c1ccc(cc1)CCOC(=O)N2. The molecule has 206 valence electrons. The monoisotopic (exact) mass is 558 g/mol. The van der Waals surface area contributed by atoms with Crippen LogP contribution in [0, 0.1) is 0 Å². The molecule has 0 saturated carbocycles. The van der Waals surface area contributed by atoms with Crippen LogP contribution in [0.5, 0.6) is 0 Å². The Bertz CT molecular complexity index is 1690. The number of amides is 1. The van der Waals surface area contributed by atoms with Gasteiger partial charge in [0.15, 0.2) is 15.6 Å². The molecular formula is C30H30N4O5S. The summed E-state index contributed by atoms with van der Waals surface area (Å²) < 4.78 is 31.0. The number of hydrogen-bond donors (Lipinski definition) is 3. The van der Waals surface area contributed by atoms with E-state index in [4.69, 9.17) is 10.5 Å². The summed E-state index contributed by atoms with van der Waals surface area (Å²) in [5, 5.41) is 7.75. The number of nitrogens with one attached hydrogen (secondary N) is 2. The number of pyridine rings is 1. The minimum Gasteiger partial charge on any atom is -0.449 e. The zero-order valence-corrected chi connectivity index (χ0v) is 22.8. The van der Waals surface area contributed by atoms with Gasteiger partial charge in [-0.3, -0.25) is 10.1 Å². The highest BCUT2D eigenvalue weighted by atomic mass is 32.2. The Kier molecular flexibility index (Phi) is 7.70. The van der Waals surface area contributed by atoms with Crippen molar-refractivity contribution in [3.05, 3.63) is 89.6 Å². The Morgan fingerprint density at radius 1 is 1.00 bits per heavy atom. The maximum Gasteiger partial charge on any atom is 0.411 e. The van der Waals surface area contributed by atoms with Crippen LogP contribution in [0.2, 0.25) is 0 Å². The van der Waals surface area contributed by atoms with Gasteiger partial charge in [-0.1, -0.05) is 31.2 Å².